The Hall–Kier alpha value is -3.24. The van der Waals surface area contributed by atoms with Gasteiger partial charge in [0.05, 0.1) is 0 Å². The molecule has 0 radical (unpaired) electrons. The molecule has 138 valence electrons. The van der Waals surface area contributed by atoms with Crippen LogP contribution >= 0.6 is 0 Å². The van der Waals surface area contributed by atoms with Crippen LogP contribution in [-0.2, 0) is 6.61 Å². The van der Waals surface area contributed by atoms with Crippen LogP contribution in [-0.4, -0.2) is 31.2 Å². The molecule has 1 N–H and O–H groups in total. The predicted octanol–water partition coefficient (Wildman–Crippen LogP) is 3.10. The number of anilines is 1. The zero-order valence-corrected chi connectivity index (χ0v) is 15.1. The Labute approximate surface area is 157 Å². The van der Waals surface area contributed by atoms with Gasteiger partial charge in [0, 0.05) is 26.2 Å². The minimum atomic E-state index is 0.279. The summed E-state index contributed by atoms with van der Waals surface area (Å²) in [6.45, 7) is 5.55. The number of nitrogens with one attached hydrogen (secondary N) is 1. The number of hydrogen-bond acceptors (Lipinski definition) is 7. The Morgan fingerprint density at radius 1 is 1.19 bits per heavy atom. The van der Waals surface area contributed by atoms with Gasteiger partial charge < -0.3 is 23.8 Å². The van der Waals surface area contributed by atoms with Crippen LogP contribution in [0.4, 0.5) is 5.88 Å². The van der Waals surface area contributed by atoms with E-state index in [-0.39, 0.29) is 5.69 Å². The second-order valence-corrected chi connectivity index (χ2v) is 6.34. The van der Waals surface area contributed by atoms with E-state index in [4.69, 9.17) is 13.6 Å². The number of hydrogen-bond donors (Lipinski definition) is 1. The summed E-state index contributed by atoms with van der Waals surface area (Å²) < 4.78 is 17.5. The van der Waals surface area contributed by atoms with E-state index >= 15 is 0 Å². The fraction of sp³-hybridized carbons (Fsp3) is 0.300. The molecule has 27 heavy (non-hydrogen) atoms. The normalized spacial score (nSPS) is 14.1. The second-order valence-electron chi connectivity index (χ2n) is 6.34. The van der Waals surface area contributed by atoms with Gasteiger partial charge >= 0.3 is 0 Å². The van der Waals surface area contributed by atoms with Gasteiger partial charge in [0.2, 0.25) is 11.6 Å². The third kappa shape index (κ3) is 3.66. The number of oxazole rings is 1. The molecule has 0 amide bonds. The van der Waals surface area contributed by atoms with Gasteiger partial charge in [0.25, 0.3) is 5.89 Å². The van der Waals surface area contributed by atoms with E-state index < -0.39 is 0 Å². The van der Waals surface area contributed by atoms with Gasteiger partial charge in [0.1, 0.15) is 24.2 Å². The van der Waals surface area contributed by atoms with Crippen molar-refractivity contribution < 1.29 is 13.6 Å². The number of benzene rings is 1. The van der Waals surface area contributed by atoms with Crippen molar-refractivity contribution in [3.05, 3.63) is 53.4 Å². The molecule has 0 unspecified atom stereocenters. The Bertz CT molecular complexity index is 964. The Kier molecular flexibility index (Phi) is 4.81. The Morgan fingerprint density at radius 3 is 2.78 bits per heavy atom. The van der Waals surface area contributed by atoms with Crippen molar-refractivity contribution >= 4 is 5.88 Å². The van der Waals surface area contributed by atoms with E-state index in [0.29, 0.717) is 29.9 Å². The molecule has 3 heterocycles. The van der Waals surface area contributed by atoms with E-state index in [1.54, 1.807) is 6.07 Å². The summed E-state index contributed by atoms with van der Waals surface area (Å²) in [6, 6.07) is 13.5. The fourth-order valence-electron chi connectivity index (χ4n) is 3.01. The second kappa shape index (κ2) is 7.56. The summed E-state index contributed by atoms with van der Waals surface area (Å²) in [5, 5.41) is 12.7. The number of rotatable bonds is 5. The van der Waals surface area contributed by atoms with E-state index in [2.05, 4.69) is 16.4 Å². The average molecular weight is 364 g/mol. The van der Waals surface area contributed by atoms with Crippen molar-refractivity contribution in [2.24, 2.45) is 0 Å². The standard InChI is InChI=1S/C20H20N4O3/c1-14-4-2-3-5-17(14)25-13-15-6-7-18(26-15)19-23-16(12-21)20(27-19)24-10-8-22-9-11-24/h2-7,22H,8-11,13H2,1H3. The highest BCUT2D eigenvalue weighted by Gasteiger charge is 2.23. The number of ether oxygens (including phenoxy) is 1. The van der Waals surface area contributed by atoms with Gasteiger partial charge in [-0.05, 0) is 30.7 Å². The maximum absolute atomic E-state index is 9.39. The number of para-hydroxylation sites is 1. The lowest BCUT2D eigenvalue weighted by Gasteiger charge is -2.26. The van der Waals surface area contributed by atoms with Crippen molar-refractivity contribution in [3.63, 3.8) is 0 Å². The van der Waals surface area contributed by atoms with Gasteiger partial charge in [-0.3, -0.25) is 0 Å². The SMILES string of the molecule is Cc1ccccc1OCc1ccc(-c2nc(C#N)c(N3CCNCC3)o2)o1. The Balaban J connectivity index is 1.50. The van der Waals surface area contributed by atoms with E-state index in [9.17, 15) is 5.26 Å². The van der Waals surface area contributed by atoms with E-state index in [0.717, 1.165) is 37.5 Å². The van der Waals surface area contributed by atoms with Crippen LogP contribution in [0.2, 0.25) is 0 Å². The van der Waals surface area contributed by atoms with Crippen molar-refractivity contribution in [2.75, 3.05) is 31.1 Å². The summed E-state index contributed by atoms with van der Waals surface area (Å²) in [6.07, 6.45) is 0. The predicted molar refractivity (Wildman–Crippen MR) is 99.5 cm³/mol. The van der Waals surface area contributed by atoms with Gasteiger partial charge in [-0.15, -0.1) is 0 Å². The number of aromatic nitrogens is 1. The molecule has 0 atom stereocenters. The molecule has 3 aromatic rings. The average Bonchev–Trinajstić information content (AvgIpc) is 3.35. The van der Waals surface area contributed by atoms with E-state index in [1.165, 1.54) is 0 Å². The quantitative estimate of drug-likeness (QED) is 0.744. The van der Waals surface area contributed by atoms with E-state index in [1.807, 2.05) is 42.2 Å². The lowest BCUT2D eigenvalue weighted by Crippen LogP contribution is -2.43. The molecule has 4 rings (SSSR count). The molecule has 0 aliphatic carbocycles. The molecule has 2 aromatic heterocycles. The first-order valence-electron chi connectivity index (χ1n) is 8.88. The third-order valence-corrected chi connectivity index (χ3v) is 4.46. The molecule has 7 nitrogen and oxygen atoms in total. The number of aryl methyl sites for hydroxylation is 1. The highest BCUT2D eigenvalue weighted by atomic mass is 16.5. The molecule has 7 heteroatoms. The van der Waals surface area contributed by atoms with Crippen molar-refractivity contribution in [3.8, 4) is 23.5 Å². The summed E-state index contributed by atoms with van der Waals surface area (Å²) in [5.74, 6) is 2.77. The van der Waals surface area contributed by atoms with Crippen LogP contribution in [0.1, 0.15) is 17.0 Å². The first-order valence-corrected chi connectivity index (χ1v) is 8.88. The first kappa shape index (κ1) is 17.2. The summed E-state index contributed by atoms with van der Waals surface area (Å²) in [4.78, 5) is 6.32. The summed E-state index contributed by atoms with van der Waals surface area (Å²) in [7, 11) is 0. The molecule has 0 saturated carbocycles. The first-order chi connectivity index (χ1) is 13.2. The Morgan fingerprint density at radius 2 is 2.00 bits per heavy atom. The molecular formula is C20H20N4O3. The van der Waals surface area contributed by atoms with Gasteiger partial charge in [-0.2, -0.15) is 10.2 Å². The van der Waals surface area contributed by atoms with Crippen molar-refractivity contribution in [1.29, 1.82) is 5.26 Å². The van der Waals surface area contributed by atoms with Crippen molar-refractivity contribution in [1.82, 2.24) is 10.3 Å². The monoisotopic (exact) mass is 364 g/mol. The van der Waals surface area contributed by atoms with Crippen LogP contribution in [0.15, 0.2) is 45.2 Å². The zero-order valence-electron chi connectivity index (χ0n) is 15.1. The molecule has 1 aliphatic heterocycles. The van der Waals surface area contributed by atoms with Gasteiger partial charge in [-0.1, -0.05) is 18.2 Å². The maximum atomic E-state index is 9.39. The molecule has 1 aromatic carbocycles. The fourth-order valence-corrected chi connectivity index (χ4v) is 3.01. The van der Waals surface area contributed by atoms with Gasteiger partial charge in [0.15, 0.2) is 5.76 Å². The molecule has 1 fully saturated rings. The largest absolute Gasteiger partial charge is 0.485 e. The summed E-state index contributed by atoms with van der Waals surface area (Å²) in [5.41, 5.74) is 1.34. The molecule has 1 saturated heterocycles. The number of nitriles is 1. The topological polar surface area (TPSA) is 87.5 Å². The van der Waals surface area contributed by atoms with Gasteiger partial charge in [-0.25, -0.2) is 0 Å². The lowest BCUT2D eigenvalue weighted by atomic mass is 10.2. The van der Waals surface area contributed by atoms with Crippen LogP contribution in [0.3, 0.4) is 0 Å². The van der Waals surface area contributed by atoms with Crippen molar-refractivity contribution in [2.45, 2.75) is 13.5 Å². The maximum Gasteiger partial charge on any atom is 0.266 e. The summed E-state index contributed by atoms with van der Waals surface area (Å²) >= 11 is 0. The number of furan rings is 1. The highest BCUT2D eigenvalue weighted by molar-refractivity contribution is 5.56. The third-order valence-electron chi connectivity index (χ3n) is 4.46. The van der Waals surface area contributed by atoms with Crippen LogP contribution in [0.25, 0.3) is 11.7 Å². The molecule has 1 aliphatic rings. The molecular weight excluding hydrogens is 344 g/mol. The van der Waals surface area contributed by atoms with Crippen LogP contribution in [0, 0.1) is 18.3 Å². The number of nitrogens with zero attached hydrogens (tertiary/aromatic N) is 3. The lowest BCUT2D eigenvalue weighted by molar-refractivity contribution is 0.269. The van der Waals surface area contributed by atoms with Crippen LogP contribution < -0.4 is 15.0 Å². The molecule has 0 bridgehead atoms. The van der Waals surface area contributed by atoms with Crippen LogP contribution in [0.5, 0.6) is 5.75 Å². The molecule has 0 spiro atoms. The smallest absolute Gasteiger partial charge is 0.266 e. The zero-order chi connectivity index (χ0) is 18.6. The minimum absolute atomic E-state index is 0.279. The number of piperazine rings is 1. The minimum Gasteiger partial charge on any atom is -0.485 e. The highest BCUT2D eigenvalue weighted by Crippen LogP contribution is 2.30.